The van der Waals surface area contributed by atoms with Crippen molar-refractivity contribution in [1.82, 2.24) is 5.32 Å². The van der Waals surface area contributed by atoms with Crippen molar-refractivity contribution in [3.8, 4) is 11.5 Å². The summed E-state index contributed by atoms with van der Waals surface area (Å²) in [5.41, 5.74) is 1.26. The maximum atomic E-state index is 10.0. The van der Waals surface area contributed by atoms with Gasteiger partial charge < -0.3 is 15.2 Å². The van der Waals surface area contributed by atoms with Gasteiger partial charge in [0, 0.05) is 18.2 Å². The first-order chi connectivity index (χ1) is 8.54. The Balaban J connectivity index is 2.02. The van der Waals surface area contributed by atoms with E-state index in [4.69, 9.17) is 4.74 Å². The maximum Gasteiger partial charge on any atom is 0.162 e. The van der Waals surface area contributed by atoms with Crippen molar-refractivity contribution in [3.63, 3.8) is 0 Å². The van der Waals surface area contributed by atoms with E-state index in [2.05, 4.69) is 19.2 Å². The highest BCUT2D eigenvalue weighted by molar-refractivity contribution is 5.45. The van der Waals surface area contributed by atoms with E-state index in [1.165, 1.54) is 19.3 Å². The third kappa shape index (κ3) is 2.61. The van der Waals surface area contributed by atoms with Gasteiger partial charge in [0.25, 0.3) is 0 Å². The van der Waals surface area contributed by atoms with Gasteiger partial charge in [-0.3, -0.25) is 0 Å². The van der Waals surface area contributed by atoms with E-state index in [1.54, 1.807) is 13.2 Å². The number of para-hydroxylation sites is 1. The van der Waals surface area contributed by atoms with Crippen LogP contribution in [0.4, 0.5) is 0 Å². The first-order valence-electron chi connectivity index (χ1n) is 6.63. The normalized spacial score (nSPS) is 22.1. The number of benzene rings is 1. The predicted octanol–water partition coefficient (Wildman–Crippen LogP) is 3.07. The highest BCUT2D eigenvalue weighted by atomic mass is 16.5. The topological polar surface area (TPSA) is 41.5 Å². The molecule has 0 aliphatic heterocycles. The molecule has 1 atom stereocenters. The monoisotopic (exact) mass is 249 g/mol. The second-order valence-corrected chi connectivity index (χ2v) is 5.78. The van der Waals surface area contributed by atoms with E-state index in [0.29, 0.717) is 23.8 Å². The lowest BCUT2D eigenvalue weighted by Crippen LogP contribution is -2.37. The number of methoxy groups -OCH3 is 1. The number of phenols is 1. The molecular formula is C15H23NO2. The number of phenolic OH excluding ortho intramolecular Hbond substituents is 1. The lowest BCUT2D eigenvalue weighted by atomic mass is 9.87. The first kappa shape index (κ1) is 13.2. The van der Waals surface area contributed by atoms with Crippen molar-refractivity contribution >= 4 is 0 Å². The Kier molecular flexibility index (Phi) is 3.81. The molecule has 2 rings (SSSR count). The van der Waals surface area contributed by atoms with Crippen LogP contribution in [0.15, 0.2) is 18.2 Å². The lowest BCUT2D eigenvalue weighted by molar-refractivity contribution is 0.281. The van der Waals surface area contributed by atoms with Crippen LogP contribution >= 0.6 is 0 Å². The summed E-state index contributed by atoms with van der Waals surface area (Å²) in [4.78, 5) is 0. The quantitative estimate of drug-likeness (QED) is 0.861. The molecule has 0 heterocycles. The largest absolute Gasteiger partial charge is 0.504 e. The zero-order valence-corrected chi connectivity index (χ0v) is 11.5. The fourth-order valence-corrected chi connectivity index (χ4v) is 2.81. The molecule has 0 spiro atoms. The average Bonchev–Trinajstić information content (AvgIpc) is 2.67. The molecule has 0 amide bonds. The summed E-state index contributed by atoms with van der Waals surface area (Å²) in [5.74, 6) is 0.795. The average molecular weight is 249 g/mol. The molecular weight excluding hydrogens is 226 g/mol. The van der Waals surface area contributed by atoms with Crippen LogP contribution in [-0.4, -0.2) is 18.3 Å². The zero-order valence-electron chi connectivity index (χ0n) is 11.5. The van der Waals surface area contributed by atoms with Gasteiger partial charge in [0.2, 0.25) is 0 Å². The van der Waals surface area contributed by atoms with Crippen molar-refractivity contribution in [2.45, 2.75) is 45.7 Å². The second-order valence-electron chi connectivity index (χ2n) is 5.78. The molecule has 100 valence electrons. The molecule has 1 aliphatic carbocycles. The van der Waals surface area contributed by atoms with E-state index in [1.807, 2.05) is 12.1 Å². The molecule has 0 radical (unpaired) electrons. The summed E-state index contributed by atoms with van der Waals surface area (Å²) >= 11 is 0. The van der Waals surface area contributed by atoms with Gasteiger partial charge in [-0.15, -0.1) is 0 Å². The number of aromatic hydroxyl groups is 1. The van der Waals surface area contributed by atoms with E-state index in [-0.39, 0.29) is 5.75 Å². The fourth-order valence-electron chi connectivity index (χ4n) is 2.81. The Morgan fingerprint density at radius 1 is 1.44 bits per heavy atom. The van der Waals surface area contributed by atoms with Crippen molar-refractivity contribution in [1.29, 1.82) is 0 Å². The zero-order chi connectivity index (χ0) is 13.2. The Morgan fingerprint density at radius 2 is 2.22 bits per heavy atom. The summed E-state index contributed by atoms with van der Waals surface area (Å²) < 4.78 is 5.12. The van der Waals surface area contributed by atoms with Crippen LogP contribution in [-0.2, 0) is 6.54 Å². The summed E-state index contributed by atoms with van der Waals surface area (Å²) in [6, 6.07) is 6.16. The molecule has 1 saturated carbocycles. The minimum atomic E-state index is 0.253. The summed E-state index contributed by atoms with van der Waals surface area (Å²) in [7, 11) is 1.58. The minimum Gasteiger partial charge on any atom is -0.504 e. The van der Waals surface area contributed by atoms with Gasteiger partial charge >= 0.3 is 0 Å². The highest BCUT2D eigenvalue weighted by Crippen LogP contribution is 2.37. The number of rotatable bonds is 4. The van der Waals surface area contributed by atoms with Crippen molar-refractivity contribution in [3.05, 3.63) is 23.8 Å². The predicted molar refractivity (Wildman–Crippen MR) is 72.9 cm³/mol. The molecule has 1 aliphatic rings. The van der Waals surface area contributed by atoms with E-state index in [9.17, 15) is 5.11 Å². The van der Waals surface area contributed by atoms with Gasteiger partial charge in [0.15, 0.2) is 11.5 Å². The van der Waals surface area contributed by atoms with Crippen LogP contribution < -0.4 is 10.1 Å². The number of hydrogen-bond donors (Lipinski definition) is 2. The van der Waals surface area contributed by atoms with Gasteiger partial charge in [0.05, 0.1) is 7.11 Å². The Hall–Kier alpha value is -1.22. The SMILES string of the molecule is COc1cccc(CNC2CCCC2(C)C)c1O. The van der Waals surface area contributed by atoms with E-state index >= 15 is 0 Å². The van der Waals surface area contributed by atoms with Crippen LogP contribution in [0.2, 0.25) is 0 Å². The van der Waals surface area contributed by atoms with Crippen LogP contribution in [0.25, 0.3) is 0 Å². The van der Waals surface area contributed by atoms with Crippen molar-refractivity contribution in [2.24, 2.45) is 5.41 Å². The minimum absolute atomic E-state index is 0.253. The number of hydrogen-bond acceptors (Lipinski definition) is 3. The summed E-state index contributed by atoms with van der Waals surface area (Å²) in [6.45, 7) is 5.31. The third-order valence-corrected chi connectivity index (χ3v) is 4.10. The van der Waals surface area contributed by atoms with Crippen molar-refractivity contribution in [2.75, 3.05) is 7.11 Å². The molecule has 1 fully saturated rings. The van der Waals surface area contributed by atoms with Crippen molar-refractivity contribution < 1.29 is 9.84 Å². The molecule has 1 aromatic rings. The van der Waals surface area contributed by atoms with Gasteiger partial charge in [-0.1, -0.05) is 32.4 Å². The maximum absolute atomic E-state index is 10.0. The smallest absolute Gasteiger partial charge is 0.162 e. The summed E-state index contributed by atoms with van der Waals surface area (Å²) in [6.07, 6.45) is 3.78. The van der Waals surface area contributed by atoms with Crippen LogP contribution in [0, 0.1) is 5.41 Å². The summed E-state index contributed by atoms with van der Waals surface area (Å²) in [5, 5.41) is 13.6. The molecule has 0 bridgehead atoms. The molecule has 1 unspecified atom stereocenters. The van der Waals surface area contributed by atoms with E-state index in [0.717, 1.165) is 5.56 Å². The molecule has 3 heteroatoms. The Bertz CT molecular complexity index is 415. The van der Waals surface area contributed by atoms with Gasteiger partial charge in [-0.05, 0) is 24.3 Å². The Labute approximate surface area is 109 Å². The second kappa shape index (κ2) is 5.19. The van der Waals surface area contributed by atoms with Gasteiger partial charge in [-0.25, -0.2) is 0 Å². The van der Waals surface area contributed by atoms with Crippen LogP contribution in [0.1, 0.15) is 38.7 Å². The fraction of sp³-hybridized carbons (Fsp3) is 0.600. The number of nitrogens with one attached hydrogen (secondary N) is 1. The molecule has 0 aromatic heterocycles. The van der Waals surface area contributed by atoms with Crippen LogP contribution in [0.3, 0.4) is 0 Å². The highest BCUT2D eigenvalue weighted by Gasteiger charge is 2.33. The van der Waals surface area contributed by atoms with Crippen LogP contribution in [0.5, 0.6) is 11.5 Å². The first-order valence-corrected chi connectivity index (χ1v) is 6.63. The van der Waals surface area contributed by atoms with E-state index < -0.39 is 0 Å². The molecule has 3 nitrogen and oxygen atoms in total. The standard InChI is InChI=1S/C15H23NO2/c1-15(2)9-5-8-13(15)16-10-11-6-4-7-12(18-3)14(11)17/h4,6-7,13,16-17H,5,8-10H2,1-3H3. The third-order valence-electron chi connectivity index (χ3n) is 4.10. The molecule has 1 aromatic carbocycles. The van der Waals surface area contributed by atoms with Gasteiger partial charge in [0.1, 0.15) is 0 Å². The van der Waals surface area contributed by atoms with Gasteiger partial charge in [-0.2, -0.15) is 0 Å². The molecule has 2 N–H and O–H groups in total. The molecule has 0 saturated heterocycles. The Morgan fingerprint density at radius 3 is 2.83 bits per heavy atom. The number of ether oxygens (including phenoxy) is 1. The molecule has 18 heavy (non-hydrogen) atoms. The lowest BCUT2D eigenvalue weighted by Gasteiger charge is -2.28.